The predicted octanol–water partition coefficient (Wildman–Crippen LogP) is 0.621. The lowest BCUT2D eigenvalue weighted by Crippen LogP contribution is -2.03. The Morgan fingerprint density at radius 1 is 1.62 bits per heavy atom. The van der Waals surface area contributed by atoms with Gasteiger partial charge in [0.2, 0.25) is 0 Å². The molecule has 0 bridgehead atoms. The third-order valence-corrected chi connectivity index (χ3v) is 0.459. The van der Waals surface area contributed by atoms with E-state index in [2.05, 4.69) is 20.8 Å². The first-order valence-corrected chi connectivity index (χ1v) is 2.41. The van der Waals surface area contributed by atoms with Crippen LogP contribution in [0.1, 0.15) is 6.92 Å². The van der Waals surface area contributed by atoms with Gasteiger partial charge in [-0.15, -0.1) is 5.10 Å². The van der Waals surface area contributed by atoms with E-state index >= 15 is 0 Å². The molecule has 0 saturated carbocycles. The Morgan fingerprint density at radius 3 is 2.88 bits per heavy atom. The number of rotatable bonds is 3. The molecule has 0 fully saturated rings. The van der Waals surface area contributed by atoms with Crippen molar-refractivity contribution in [2.24, 2.45) is 15.4 Å². The van der Waals surface area contributed by atoms with Crippen LogP contribution in [0.2, 0.25) is 0 Å². The lowest BCUT2D eigenvalue weighted by atomic mass is 10.9. The maximum Gasteiger partial charge on any atom is 0.112 e. The SMILES string of the molecule is C/C=N\N=N/CNC. The Labute approximate surface area is 48.7 Å². The Balaban J connectivity index is 3.07. The van der Waals surface area contributed by atoms with E-state index < -0.39 is 0 Å². The van der Waals surface area contributed by atoms with E-state index in [4.69, 9.17) is 0 Å². The monoisotopic (exact) mass is 114 g/mol. The summed E-state index contributed by atoms with van der Waals surface area (Å²) < 4.78 is 0. The van der Waals surface area contributed by atoms with Gasteiger partial charge in [0.25, 0.3) is 0 Å². The summed E-state index contributed by atoms with van der Waals surface area (Å²) in [5.41, 5.74) is 0. The van der Waals surface area contributed by atoms with Crippen molar-refractivity contribution in [3.63, 3.8) is 0 Å². The molecule has 0 heterocycles. The minimum Gasteiger partial charge on any atom is -0.300 e. The summed E-state index contributed by atoms with van der Waals surface area (Å²) >= 11 is 0. The molecule has 0 radical (unpaired) electrons. The first-order valence-electron chi connectivity index (χ1n) is 2.41. The fourth-order valence-electron chi connectivity index (χ4n) is 0.190. The van der Waals surface area contributed by atoms with Gasteiger partial charge in [-0.3, -0.25) is 5.32 Å². The number of nitrogens with one attached hydrogen (secondary N) is 1. The van der Waals surface area contributed by atoms with Crippen LogP contribution >= 0.6 is 0 Å². The summed E-state index contributed by atoms with van der Waals surface area (Å²) in [5, 5.41) is 13.3. The van der Waals surface area contributed by atoms with Gasteiger partial charge in [0, 0.05) is 6.21 Å². The molecule has 0 aromatic rings. The maximum absolute atomic E-state index is 3.60. The molecule has 4 nitrogen and oxygen atoms in total. The van der Waals surface area contributed by atoms with Gasteiger partial charge in [-0.2, -0.15) is 5.11 Å². The second-order valence-electron chi connectivity index (χ2n) is 1.12. The summed E-state index contributed by atoms with van der Waals surface area (Å²) in [6.07, 6.45) is 1.58. The number of hydrogen-bond donors (Lipinski definition) is 1. The van der Waals surface area contributed by atoms with Gasteiger partial charge in [0.1, 0.15) is 6.67 Å². The summed E-state index contributed by atoms with van der Waals surface area (Å²) in [4.78, 5) is 0. The molecule has 46 valence electrons. The van der Waals surface area contributed by atoms with Crippen molar-refractivity contribution in [2.45, 2.75) is 6.92 Å². The van der Waals surface area contributed by atoms with Crippen molar-refractivity contribution in [3.05, 3.63) is 0 Å². The predicted molar refractivity (Wildman–Crippen MR) is 32.9 cm³/mol. The van der Waals surface area contributed by atoms with Crippen molar-refractivity contribution in [1.82, 2.24) is 5.32 Å². The molecule has 0 aliphatic heterocycles. The van der Waals surface area contributed by atoms with Gasteiger partial charge < -0.3 is 0 Å². The van der Waals surface area contributed by atoms with Crippen molar-refractivity contribution in [2.75, 3.05) is 13.7 Å². The minimum absolute atomic E-state index is 0.525. The zero-order valence-corrected chi connectivity index (χ0v) is 5.13. The summed E-state index contributed by atoms with van der Waals surface area (Å²) in [7, 11) is 1.80. The highest BCUT2D eigenvalue weighted by Crippen LogP contribution is 1.70. The highest BCUT2D eigenvalue weighted by Gasteiger charge is 1.65. The first kappa shape index (κ1) is 7.23. The van der Waals surface area contributed by atoms with Crippen LogP contribution in [0, 0.1) is 0 Å². The van der Waals surface area contributed by atoms with Crippen molar-refractivity contribution in [3.8, 4) is 0 Å². The van der Waals surface area contributed by atoms with E-state index in [1.807, 2.05) is 0 Å². The molecule has 0 unspecified atom stereocenters. The summed E-state index contributed by atoms with van der Waals surface area (Å²) in [6.45, 7) is 2.32. The quantitative estimate of drug-likeness (QED) is 0.326. The van der Waals surface area contributed by atoms with Crippen LogP contribution in [0.5, 0.6) is 0 Å². The highest BCUT2D eigenvalue weighted by molar-refractivity contribution is 5.52. The topological polar surface area (TPSA) is 49.1 Å². The highest BCUT2D eigenvalue weighted by atomic mass is 15.4. The Hall–Kier alpha value is -0.770. The molecule has 8 heavy (non-hydrogen) atoms. The molecule has 4 heteroatoms. The van der Waals surface area contributed by atoms with Gasteiger partial charge in [0.15, 0.2) is 0 Å². The minimum atomic E-state index is 0.525. The normalized spacial score (nSPS) is 11.8. The van der Waals surface area contributed by atoms with Gasteiger partial charge in [-0.05, 0) is 19.2 Å². The zero-order chi connectivity index (χ0) is 6.24. The van der Waals surface area contributed by atoms with Crippen molar-refractivity contribution < 1.29 is 0 Å². The Morgan fingerprint density at radius 2 is 2.38 bits per heavy atom. The van der Waals surface area contributed by atoms with Gasteiger partial charge in [0.05, 0.1) is 0 Å². The van der Waals surface area contributed by atoms with Crippen LogP contribution in [0.25, 0.3) is 0 Å². The van der Waals surface area contributed by atoms with Crippen molar-refractivity contribution >= 4 is 6.21 Å². The second-order valence-corrected chi connectivity index (χ2v) is 1.12. The van der Waals surface area contributed by atoms with E-state index in [0.717, 1.165) is 0 Å². The molecule has 0 rings (SSSR count). The smallest absolute Gasteiger partial charge is 0.112 e. The third-order valence-electron chi connectivity index (χ3n) is 0.459. The standard InChI is InChI=1S/C4H10N4/c1-3-6-8-7-4-5-2/h3,5H,4H2,1-2H3/b6-3-,8-7-. The largest absolute Gasteiger partial charge is 0.300 e. The fraction of sp³-hybridized carbons (Fsp3) is 0.750. The average molecular weight is 114 g/mol. The van der Waals surface area contributed by atoms with Crippen LogP contribution in [-0.4, -0.2) is 19.9 Å². The zero-order valence-electron chi connectivity index (χ0n) is 5.13. The Bertz CT molecular complexity index is 86.0. The van der Waals surface area contributed by atoms with E-state index in [1.165, 1.54) is 0 Å². The van der Waals surface area contributed by atoms with Gasteiger partial charge in [-0.1, -0.05) is 0 Å². The van der Waals surface area contributed by atoms with E-state index in [-0.39, 0.29) is 0 Å². The molecule has 0 atom stereocenters. The van der Waals surface area contributed by atoms with Crippen LogP contribution < -0.4 is 5.32 Å². The molecular weight excluding hydrogens is 104 g/mol. The summed E-state index contributed by atoms with van der Waals surface area (Å²) in [6, 6.07) is 0. The third kappa shape index (κ3) is 5.23. The summed E-state index contributed by atoms with van der Waals surface area (Å²) in [5.74, 6) is 0. The van der Waals surface area contributed by atoms with Crippen LogP contribution in [-0.2, 0) is 0 Å². The van der Waals surface area contributed by atoms with Gasteiger partial charge >= 0.3 is 0 Å². The van der Waals surface area contributed by atoms with Crippen LogP contribution in [0.15, 0.2) is 15.4 Å². The molecule has 0 aliphatic rings. The van der Waals surface area contributed by atoms with Crippen molar-refractivity contribution in [1.29, 1.82) is 0 Å². The molecule has 0 aliphatic carbocycles. The van der Waals surface area contributed by atoms with E-state index in [1.54, 1.807) is 20.2 Å². The number of nitrogens with zero attached hydrogens (tertiary/aromatic N) is 3. The van der Waals surface area contributed by atoms with E-state index in [9.17, 15) is 0 Å². The fourth-order valence-corrected chi connectivity index (χ4v) is 0.190. The maximum atomic E-state index is 3.60. The first-order chi connectivity index (χ1) is 3.91. The molecule has 0 aromatic carbocycles. The lowest BCUT2D eigenvalue weighted by molar-refractivity contribution is 0.773. The number of hydrogen-bond acceptors (Lipinski definition) is 3. The lowest BCUT2D eigenvalue weighted by Gasteiger charge is -1.81. The molecule has 0 aromatic heterocycles. The molecule has 0 spiro atoms. The van der Waals surface area contributed by atoms with Gasteiger partial charge in [-0.25, -0.2) is 0 Å². The second kappa shape index (κ2) is 6.23. The average Bonchev–Trinajstić information content (AvgIpc) is 1.81. The molecule has 0 saturated heterocycles. The molecule has 0 amide bonds. The Kier molecular flexibility index (Phi) is 5.63. The van der Waals surface area contributed by atoms with E-state index in [0.29, 0.717) is 6.67 Å². The van der Waals surface area contributed by atoms with Crippen LogP contribution in [0.4, 0.5) is 0 Å². The van der Waals surface area contributed by atoms with Crippen LogP contribution in [0.3, 0.4) is 0 Å². The molecular formula is C4H10N4. The molecule has 1 N–H and O–H groups in total.